The van der Waals surface area contributed by atoms with Crippen LogP contribution >= 0.6 is 11.8 Å². The van der Waals surface area contributed by atoms with Gasteiger partial charge >= 0.3 is 5.97 Å². The van der Waals surface area contributed by atoms with Crippen molar-refractivity contribution in [3.8, 4) is 0 Å². The van der Waals surface area contributed by atoms with Crippen molar-refractivity contribution in [1.29, 1.82) is 0 Å². The van der Waals surface area contributed by atoms with Gasteiger partial charge in [0.2, 0.25) is 6.43 Å². The summed E-state index contributed by atoms with van der Waals surface area (Å²) >= 11 is 1.58. The van der Waals surface area contributed by atoms with E-state index in [-0.39, 0.29) is 17.6 Å². The number of carbonyl (C=O) groups excluding carboxylic acids is 1. The van der Waals surface area contributed by atoms with E-state index in [1.807, 2.05) is 0 Å². The van der Waals surface area contributed by atoms with E-state index in [4.69, 9.17) is 4.74 Å². The Labute approximate surface area is 113 Å². The first-order valence-corrected chi connectivity index (χ1v) is 7.49. The molecule has 0 aromatic carbocycles. The molecule has 0 radical (unpaired) electrons. The lowest BCUT2D eigenvalue weighted by Crippen LogP contribution is -2.21. The first kappa shape index (κ1) is 17.7. The topological polar surface area (TPSA) is 26.3 Å². The van der Waals surface area contributed by atoms with Crippen LogP contribution in [0.25, 0.3) is 0 Å². The van der Waals surface area contributed by atoms with E-state index < -0.39 is 6.43 Å². The molecule has 2 nitrogen and oxygen atoms in total. The van der Waals surface area contributed by atoms with Gasteiger partial charge in [0.05, 0.1) is 7.11 Å². The van der Waals surface area contributed by atoms with Gasteiger partial charge in [0.1, 0.15) is 5.25 Å². The second-order valence-electron chi connectivity index (χ2n) is 4.75. The molecule has 1 unspecified atom stereocenters. The molecule has 0 rings (SSSR count). The number of halogens is 2. The highest BCUT2D eigenvalue weighted by Crippen LogP contribution is 2.22. The van der Waals surface area contributed by atoms with Gasteiger partial charge < -0.3 is 4.74 Å². The molecule has 0 saturated carbocycles. The van der Waals surface area contributed by atoms with Gasteiger partial charge in [-0.05, 0) is 30.9 Å². The number of esters is 1. The fourth-order valence-corrected chi connectivity index (χ4v) is 3.00. The lowest BCUT2D eigenvalue weighted by Gasteiger charge is -2.16. The largest absolute Gasteiger partial charge is 0.468 e. The zero-order chi connectivity index (χ0) is 14.0. The maximum absolute atomic E-state index is 11.9. The highest BCUT2D eigenvalue weighted by atomic mass is 32.2. The Kier molecular flexibility index (Phi) is 10.4. The molecule has 0 aliphatic rings. The van der Waals surface area contributed by atoms with Gasteiger partial charge in [-0.15, -0.1) is 11.8 Å². The molecule has 0 aliphatic carbocycles. The third kappa shape index (κ3) is 9.68. The Hall–Kier alpha value is -0.320. The second kappa shape index (κ2) is 10.6. The zero-order valence-electron chi connectivity index (χ0n) is 11.5. The van der Waals surface area contributed by atoms with Crippen LogP contribution in [0, 0.1) is 5.92 Å². The summed E-state index contributed by atoms with van der Waals surface area (Å²) in [7, 11) is 1.40. The molecule has 0 amide bonds. The molecule has 0 bridgehead atoms. The van der Waals surface area contributed by atoms with E-state index in [0.29, 0.717) is 12.3 Å². The van der Waals surface area contributed by atoms with E-state index in [1.54, 1.807) is 11.8 Å². The molecule has 0 aliphatic heterocycles. The van der Waals surface area contributed by atoms with Crippen LogP contribution in [-0.2, 0) is 9.53 Å². The van der Waals surface area contributed by atoms with Crippen molar-refractivity contribution in [2.45, 2.75) is 57.6 Å². The predicted octanol–water partition coefficient (Wildman–Crippen LogP) is 4.13. The minimum absolute atomic E-state index is 0.0168. The maximum Gasteiger partial charge on any atom is 0.318 e. The van der Waals surface area contributed by atoms with Crippen molar-refractivity contribution < 1.29 is 18.3 Å². The van der Waals surface area contributed by atoms with Crippen molar-refractivity contribution in [2.75, 3.05) is 12.9 Å². The number of rotatable bonds is 10. The molecule has 0 N–H and O–H groups in total. The Bertz CT molecular complexity index is 223. The minimum Gasteiger partial charge on any atom is -0.468 e. The number of alkyl halides is 2. The third-order valence-corrected chi connectivity index (χ3v) is 3.85. The highest BCUT2D eigenvalue weighted by molar-refractivity contribution is 8.00. The Balaban J connectivity index is 3.73. The monoisotopic (exact) mass is 282 g/mol. The fraction of sp³-hybridized carbons (Fsp3) is 0.923. The van der Waals surface area contributed by atoms with Gasteiger partial charge in [-0.3, -0.25) is 4.79 Å². The number of unbranched alkanes of at least 4 members (excludes halogenated alkanes) is 2. The summed E-state index contributed by atoms with van der Waals surface area (Å²) in [6.07, 6.45) is 0.827. The summed E-state index contributed by atoms with van der Waals surface area (Å²) in [6.45, 7) is 4.14. The average Bonchev–Trinajstić information content (AvgIpc) is 2.30. The molecule has 0 aromatic heterocycles. The molecule has 18 heavy (non-hydrogen) atoms. The second-order valence-corrected chi connectivity index (χ2v) is 6.06. The van der Waals surface area contributed by atoms with E-state index in [2.05, 4.69) is 13.8 Å². The Morgan fingerprint density at radius 2 is 1.89 bits per heavy atom. The molecule has 108 valence electrons. The summed E-state index contributed by atoms with van der Waals surface area (Å²) < 4.78 is 28.6. The smallest absolute Gasteiger partial charge is 0.318 e. The lowest BCUT2D eigenvalue weighted by molar-refractivity contribution is -0.140. The van der Waals surface area contributed by atoms with Crippen molar-refractivity contribution >= 4 is 17.7 Å². The number of hydrogen-bond acceptors (Lipinski definition) is 3. The first-order chi connectivity index (χ1) is 8.47. The number of carbonyl (C=O) groups is 1. The SMILES string of the molecule is COC(=O)C(CC(C)C)SCCCCCC(F)F. The zero-order valence-corrected chi connectivity index (χ0v) is 12.3. The van der Waals surface area contributed by atoms with E-state index in [9.17, 15) is 13.6 Å². The van der Waals surface area contributed by atoms with Gasteiger partial charge in [0.15, 0.2) is 0 Å². The first-order valence-electron chi connectivity index (χ1n) is 6.45. The number of hydrogen-bond donors (Lipinski definition) is 0. The number of ether oxygens (including phenoxy) is 1. The molecule has 1 atom stereocenters. The third-order valence-electron chi connectivity index (χ3n) is 2.54. The van der Waals surface area contributed by atoms with Crippen molar-refractivity contribution in [1.82, 2.24) is 0 Å². The number of thioether (sulfide) groups is 1. The summed E-state index contributed by atoms with van der Waals surface area (Å²) in [6, 6.07) is 0. The van der Waals surface area contributed by atoms with Crippen LogP contribution in [0.5, 0.6) is 0 Å². The lowest BCUT2D eigenvalue weighted by atomic mass is 10.1. The van der Waals surface area contributed by atoms with E-state index >= 15 is 0 Å². The van der Waals surface area contributed by atoms with Crippen LogP contribution in [0.4, 0.5) is 8.78 Å². The van der Waals surface area contributed by atoms with E-state index in [1.165, 1.54) is 7.11 Å². The van der Waals surface area contributed by atoms with Crippen LogP contribution in [0.15, 0.2) is 0 Å². The molecular formula is C13H24F2O2S. The van der Waals surface area contributed by atoms with Gasteiger partial charge in [0, 0.05) is 6.42 Å². The minimum atomic E-state index is -2.19. The highest BCUT2D eigenvalue weighted by Gasteiger charge is 2.20. The Morgan fingerprint density at radius 1 is 1.22 bits per heavy atom. The van der Waals surface area contributed by atoms with Gasteiger partial charge in [-0.25, -0.2) is 8.78 Å². The summed E-state index contributed by atoms with van der Waals surface area (Å²) in [4.78, 5) is 11.5. The normalized spacial score (nSPS) is 13.1. The van der Waals surface area contributed by atoms with Crippen LogP contribution < -0.4 is 0 Å². The van der Waals surface area contributed by atoms with Crippen molar-refractivity contribution in [3.05, 3.63) is 0 Å². The summed E-state index contributed by atoms with van der Waals surface area (Å²) in [5, 5.41) is -0.120. The molecule has 0 fully saturated rings. The van der Waals surface area contributed by atoms with Crippen LogP contribution in [0.3, 0.4) is 0 Å². The maximum atomic E-state index is 11.9. The summed E-state index contributed by atoms with van der Waals surface area (Å²) in [5.74, 6) is 1.09. The molecule has 5 heteroatoms. The standard InChI is InChI=1S/C13H24F2O2S/c1-10(2)9-11(13(16)17-3)18-8-6-4-5-7-12(14)15/h10-12H,4-9H2,1-3H3. The Morgan fingerprint density at radius 3 is 2.39 bits per heavy atom. The summed E-state index contributed by atoms with van der Waals surface area (Å²) in [5.41, 5.74) is 0. The van der Waals surface area contributed by atoms with Gasteiger partial charge in [-0.2, -0.15) is 0 Å². The predicted molar refractivity (Wildman–Crippen MR) is 72.2 cm³/mol. The van der Waals surface area contributed by atoms with Gasteiger partial charge in [-0.1, -0.05) is 20.3 Å². The molecule has 0 spiro atoms. The van der Waals surface area contributed by atoms with E-state index in [0.717, 1.165) is 25.0 Å². The number of methoxy groups -OCH3 is 1. The molecule has 0 aromatic rings. The average molecular weight is 282 g/mol. The van der Waals surface area contributed by atoms with Crippen LogP contribution in [-0.4, -0.2) is 30.5 Å². The molecular weight excluding hydrogens is 258 g/mol. The molecule has 0 saturated heterocycles. The van der Waals surface area contributed by atoms with Gasteiger partial charge in [0.25, 0.3) is 0 Å². The van der Waals surface area contributed by atoms with Crippen LogP contribution in [0.2, 0.25) is 0 Å². The van der Waals surface area contributed by atoms with Crippen molar-refractivity contribution in [3.63, 3.8) is 0 Å². The van der Waals surface area contributed by atoms with Crippen LogP contribution in [0.1, 0.15) is 46.0 Å². The van der Waals surface area contributed by atoms with Crippen molar-refractivity contribution in [2.24, 2.45) is 5.92 Å². The fourth-order valence-electron chi connectivity index (χ4n) is 1.59. The quantitative estimate of drug-likeness (QED) is 0.445. The molecule has 0 heterocycles.